The fourth-order valence-electron chi connectivity index (χ4n) is 5.97. The topological polar surface area (TPSA) is 123 Å². The van der Waals surface area contributed by atoms with Crippen LogP contribution in [0.1, 0.15) is 30.4 Å². The number of rotatable bonds is 10. The number of hydrogen-bond acceptors (Lipinski definition) is 7. The molecule has 2 amide bonds. The first-order valence-electron chi connectivity index (χ1n) is 14.7. The van der Waals surface area contributed by atoms with E-state index in [1.807, 2.05) is 18.2 Å². The van der Waals surface area contributed by atoms with Crippen LogP contribution < -0.4 is 24.8 Å². The highest BCUT2D eigenvalue weighted by atomic mass is 35.5. The normalized spacial score (nSPS) is 20.8. The van der Waals surface area contributed by atoms with E-state index in [1.165, 1.54) is 21.1 Å². The second-order valence-electron chi connectivity index (χ2n) is 11.3. The van der Waals surface area contributed by atoms with Gasteiger partial charge in [0, 0.05) is 22.9 Å². The van der Waals surface area contributed by atoms with Crippen LogP contribution >= 0.6 is 11.6 Å². The molecule has 0 spiro atoms. The molecule has 0 aromatic heterocycles. The van der Waals surface area contributed by atoms with Crippen LogP contribution in [0.5, 0.6) is 17.2 Å². The summed E-state index contributed by atoms with van der Waals surface area (Å²) in [6.45, 7) is 1.67. The molecule has 1 fully saturated rings. The maximum atomic E-state index is 14.1. The van der Waals surface area contributed by atoms with E-state index in [1.54, 1.807) is 78.9 Å². The molecule has 0 radical (unpaired) electrons. The number of hydrogen-bond donors (Lipinski definition) is 3. The monoisotopic (exact) mass is 642 g/mol. The first kappa shape index (κ1) is 32.5. The van der Waals surface area contributed by atoms with E-state index in [4.69, 9.17) is 25.8 Å². The Hall–Kier alpha value is -4.86. The summed E-state index contributed by atoms with van der Waals surface area (Å²) in [6, 6.07) is 27.9. The number of ether oxygens (including phenoxy) is 3. The molecule has 4 atom stereocenters. The molecule has 0 heterocycles. The van der Waals surface area contributed by atoms with Gasteiger partial charge in [0.1, 0.15) is 35.6 Å². The molecule has 9 nitrogen and oxygen atoms in total. The van der Waals surface area contributed by atoms with Gasteiger partial charge >= 0.3 is 0 Å². The number of nitrogens with one attached hydrogen (secondary N) is 2. The lowest BCUT2D eigenvalue weighted by molar-refractivity contribution is -0.150. The lowest BCUT2D eigenvalue weighted by Crippen LogP contribution is -2.56. The highest BCUT2D eigenvalue weighted by Gasteiger charge is 2.56. The minimum atomic E-state index is -1.78. The third-order valence-electron chi connectivity index (χ3n) is 8.18. The molecule has 4 aromatic rings. The molecular formula is C36H35ClN2O7. The van der Waals surface area contributed by atoms with Gasteiger partial charge in [0.2, 0.25) is 11.8 Å². The van der Waals surface area contributed by atoms with Gasteiger partial charge in [-0.15, -0.1) is 0 Å². The Labute approximate surface area is 272 Å². The summed E-state index contributed by atoms with van der Waals surface area (Å²) >= 11 is 6.28. The molecule has 5 rings (SSSR count). The number of amides is 2. The summed E-state index contributed by atoms with van der Waals surface area (Å²) in [6.07, 6.45) is -0.406. The maximum absolute atomic E-state index is 14.1. The molecule has 10 heteroatoms. The number of benzene rings is 4. The number of Topliss-reactive ketones (excluding diaryl/α,β-unsaturated/α-hetero) is 1. The third-order valence-corrected chi connectivity index (χ3v) is 8.55. The fourth-order valence-corrected chi connectivity index (χ4v) is 6.16. The number of methoxy groups -OCH3 is 2. The van der Waals surface area contributed by atoms with E-state index >= 15 is 0 Å². The zero-order valence-corrected chi connectivity index (χ0v) is 26.4. The smallest absolute Gasteiger partial charge is 0.235 e. The number of anilines is 2. The largest absolute Gasteiger partial charge is 0.495 e. The van der Waals surface area contributed by atoms with E-state index in [0.29, 0.717) is 39.2 Å². The molecule has 0 saturated heterocycles. The molecule has 46 heavy (non-hydrogen) atoms. The van der Waals surface area contributed by atoms with Crippen molar-refractivity contribution in [3.8, 4) is 17.2 Å². The first-order valence-corrected chi connectivity index (χ1v) is 15.1. The molecule has 1 saturated carbocycles. The van der Waals surface area contributed by atoms with Crippen LogP contribution in [-0.2, 0) is 21.0 Å². The lowest BCUT2D eigenvalue weighted by Gasteiger charge is -2.44. The average Bonchev–Trinajstić information content (AvgIpc) is 3.04. The molecule has 1 aliphatic carbocycles. The molecule has 4 unspecified atom stereocenters. The van der Waals surface area contributed by atoms with Gasteiger partial charge in [-0.1, -0.05) is 66.2 Å². The van der Waals surface area contributed by atoms with Crippen molar-refractivity contribution < 1.29 is 33.7 Å². The maximum Gasteiger partial charge on any atom is 0.235 e. The van der Waals surface area contributed by atoms with Crippen molar-refractivity contribution in [3.05, 3.63) is 113 Å². The van der Waals surface area contributed by atoms with E-state index < -0.39 is 47.4 Å². The van der Waals surface area contributed by atoms with Crippen LogP contribution in [0, 0.1) is 11.8 Å². The van der Waals surface area contributed by atoms with Gasteiger partial charge in [-0.05, 0) is 55.0 Å². The second kappa shape index (κ2) is 14.1. The molecule has 0 aliphatic heterocycles. The second-order valence-corrected chi connectivity index (χ2v) is 11.7. The van der Waals surface area contributed by atoms with E-state index in [0.717, 1.165) is 5.56 Å². The van der Waals surface area contributed by atoms with Crippen LogP contribution in [-0.4, -0.2) is 42.5 Å². The van der Waals surface area contributed by atoms with Gasteiger partial charge in [0.15, 0.2) is 0 Å². The van der Waals surface area contributed by atoms with Crippen LogP contribution in [0.15, 0.2) is 97.1 Å². The number of carbonyl (C=O) groups excluding carboxylic acids is 3. The predicted octanol–water partition coefficient (Wildman–Crippen LogP) is 6.25. The van der Waals surface area contributed by atoms with Crippen molar-refractivity contribution in [2.75, 3.05) is 24.9 Å². The fraction of sp³-hybridized carbons (Fsp3) is 0.250. The first-order chi connectivity index (χ1) is 22.1. The number of aliphatic hydroxyl groups is 1. The third kappa shape index (κ3) is 7.01. The van der Waals surface area contributed by atoms with E-state index in [9.17, 15) is 19.5 Å². The van der Waals surface area contributed by atoms with Gasteiger partial charge in [-0.2, -0.15) is 0 Å². The van der Waals surface area contributed by atoms with Crippen molar-refractivity contribution in [3.63, 3.8) is 0 Å². The van der Waals surface area contributed by atoms with Gasteiger partial charge < -0.3 is 30.0 Å². The summed E-state index contributed by atoms with van der Waals surface area (Å²) in [5, 5.41) is 17.9. The zero-order chi connectivity index (χ0) is 32.8. The van der Waals surface area contributed by atoms with E-state index in [2.05, 4.69) is 10.6 Å². The summed E-state index contributed by atoms with van der Waals surface area (Å²) in [5.74, 6) is -3.90. The van der Waals surface area contributed by atoms with Crippen LogP contribution in [0.3, 0.4) is 0 Å². The molecule has 3 N–H and O–H groups in total. The minimum Gasteiger partial charge on any atom is -0.495 e. The molecule has 238 valence electrons. The van der Waals surface area contributed by atoms with Crippen molar-refractivity contribution in [2.45, 2.75) is 31.5 Å². The zero-order valence-electron chi connectivity index (χ0n) is 25.7. The lowest BCUT2D eigenvalue weighted by atomic mass is 9.61. The molecular weight excluding hydrogens is 608 g/mol. The standard InChI is InChI=1S/C36H35ClN2O7/c1-36(43)20-28(40)32(34(41)38-26-12-6-8-14-29(26)44-2)31(33(36)35(42)39-27-13-7-9-15-30(27)45-3)22-16-18-24(19-17-22)46-21-23-10-4-5-11-25(23)37/h4-19,31-33,43H,20-21H2,1-3H3,(H,38,41)(H,39,42). The van der Waals surface area contributed by atoms with E-state index in [-0.39, 0.29) is 6.61 Å². The summed E-state index contributed by atoms with van der Waals surface area (Å²) < 4.78 is 16.7. The predicted molar refractivity (Wildman–Crippen MR) is 175 cm³/mol. The van der Waals surface area contributed by atoms with Crippen molar-refractivity contribution in [1.82, 2.24) is 0 Å². The summed E-state index contributed by atoms with van der Waals surface area (Å²) in [4.78, 5) is 41.8. The quantitative estimate of drug-likeness (QED) is 0.175. The highest BCUT2D eigenvalue weighted by Crippen LogP contribution is 2.47. The number of carbonyl (C=O) groups is 3. The Kier molecular flexibility index (Phi) is 9.94. The van der Waals surface area contributed by atoms with Crippen molar-refractivity contribution in [2.24, 2.45) is 11.8 Å². The summed E-state index contributed by atoms with van der Waals surface area (Å²) in [7, 11) is 2.96. The van der Waals surface area contributed by atoms with Crippen molar-refractivity contribution >= 4 is 40.6 Å². The Morgan fingerprint density at radius 3 is 1.96 bits per heavy atom. The van der Waals surface area contributed by atoms with Crippen LogP contribution in [0.4, 0.5) is 11.4 Å². The number of para-hydroxylation sites is 4. The van der Waals surface area contributed by atoms with Crippen LogP contribution in [0.2, 0.25) is 5.02 Å². The number of halogens is 1. The molecule has 0 bridgehead atoms. The minimum absolute atomic E-state index is 0.226. The molecule has 4 aromatic carbocycles. The Morgan fingerprint density at radius 2 is 1.37 bits per heavy atom. The van der Waals surface area contributed by atoms with Gasteiger partial charge in [0.05, 0.1) is 37.1 Å². The molecule has 1 aliphatic rings. The highest BCUT2D eigenvalue weighted by molar-refractivity contribution is 6.31. The summed E-state index contributed by atoms with van der Waals surface area (Å²) in [5.41, 5.74) is 0.285. The Balaban J connectivity index is 1.52. The average molecular weight is 643 g/mol. The SMILES string of the molecule is COc1ccccc1NC(=O)C1C(=O)CC(C)(O)C(C(=O)Nc2ccccc2OC)C1c1ccc(OCc2ccccc2Cl)cc1. The Bertz CT molecular complexity index is 1720. The van der Waals surface area contributed by atoms with Crippen LogP contribution in [0.25, 0.3) is 0 Å². The number of ketones is 1. The van der Waals surface area contributed by atoms with Gasteiger partial charge in [-0.3, -0.25) is 14.4 Å². The van der Waals surface area contributed by atoms with Gasteiger partial charge in [0.25, 0.3) is 0 Å². The Morgan fingerprint density at radius 1 is 0.826 bits per heavy atom. The van der Waals surface area contributed by atoms with Crippen molar-refractivity contribution in [1.29, 1.82) is 0 Å². The van der Waals surface area contributed by atoms with Gasteiger partial charge in [-0.25, -0.2) is 0 Å².